The number of nitrogens with zero attached hydrogens (tertiary/aromatic N) is 1. The summed E-state index contributed by atoms with van der Waals surface area (Å²) >= 11 is 0. The topological polar surface area (TPSA) is 62.4 Å². The van der Waals surface area contributed by atoms with Crippen molar-refractivity contribution in [2.75, 3.05) is 13.2 Å². The number of benzene rings is 2. The van der Waals surface area contributed by atoms with Crippen LogP contribution < -0.4 is 0 Å². The van der Waals surface area contributed by atoms with Gasteiger partial charge in [-0.2, -0.15) is 0 Å². The molecule has 1 aliphatic heterocycles. The Balaban J connectivity index is 1.82. The second-order valence-electron chi connectivity index (χ2n) is 6.55. The Kier molecular flexibility index (Phi) is 4.69. The highest BCUT2D eigenvalue weighted by atomic mass is 19.1. The van der Waals surface area contributed by atoms with E-state index in [4.69, 9.17) is 4.74 Å². The maximum atomic E-state index is 13.8. The molecule has 142 valence electrons. The van der Waals surface area contributed by atoms with Crippen molar-refractivity contribution in [1.29, 1.82) is 0 Å². The van der Waals surface area contributed by atoms with Gasteiger partial charge in [0.15, 0.2) is 0 Å². The molecule has 0 bridgehead atoms. The Morgan fingerprint density at radius 3 is 2.71 bits per heavy atom. The van der Waals surface area contributed by atoms with Gasteiger partial charge in [-0.15, -0.1) is 0 Å². The zero-order valence-electron chi connectivity index (χ0n) is 15.4. The first-order valence-corrected chi connectivity index (χ1v) is 9.14. The SMILES string of the molecule is CCOC(=O)C1=CN(C(=O)c2ccccc2)CCc2c1[nH]c1ccc(F)cc21. The molecule has 0 fully saturated rings. The van der Waals surface area contributed by atoms with Crippen LogP contribution in [0.2, 0.25) is 0 Å². The van der Waals surface area contributed by atoms with Crippen LogP contribution in [-0.4, -0.2) is 34.9 Å². The molecule has 0 aliphatic carbocycles. The molecule has 4 rings (SSSR count). The number of halogens is 1. The first-order chi connectivity index (χ1) is 13.6. The number of fused-ring (bicyclic) bond motifs is 3. The van der Waals surface area contributed by atoms with E-state index in [1.54, 1.807) is 37.3 Å². The van der Waals surface area contributed by atoms with E-state index in [0.29, 0.717) is 29.6 Å². The number of aromatic nitrogens is 1. The van der Waals surface area contributed by atoms with E-state index >= 15 is 0 Å². The number of hydrogen-bond acceptors (Lipinski definition) is 3. The summed E-state index contributed by atoms with van der Waals surface area (Å²) in [5.74, 6) is -1.08. The number of amides is 1. The lowest BCUT2D eigenvalue weighted by molar-refractivity contribution is -0.136. The number of carbonyl (C=O) groups excluding carboxylic acids is 2. The maximum Gasteiger partial charge on any atom is 0.341 e. The summed E-state index contributed by atoms with van der Waals surface area (Å²) in [5.41, 5.74) is 2.91. The molecule has 28 heavy (non-hydrogen) atoms. The van der Waals surface area contributed by atoms with Gasteiger partial charge in [0, 0.05) is 29.2 Å². The Morgan fingerprint density at radius 2 is 1.96 bits per heavy atom. The molecule has 6 heteroatoms. The number of aromatic amines is 1. The molecule has 0 radical (unpaired) electrons. The van der Waals surface area contributed by atoms with Crippen molar-refractivity contribution in [2.24, 2.45) is 0 Å². The molecule has 0 atom stereocenters. The minimum Gasteiger partial charge on any atom is -0.462 e. The van der Waals surface area contributed by atoms with E-state index < -0.39 is 5.97 Å². The Bertz CT molecular complexity index is 1090. The second-order valence-corrected chi connectivity index (χ2v) is 6.55. The molecular formula is C22H19FN2O3. The normalized spacial score (nSPS) is 13.6. The number of rotatable bonds is 3. The fourth-order valence-corrected chi connectivity index (χ4v) is 3.50. The zero-order valence-corrected chi connectivity index (χ0v) is 15.4. The van der Waals surface area contributed by atoms with E-state index in [-0.39, 0.29) is 23.9 Å². The van der Waals surface area contributed by atoms with Crippen LogP contribution >= 0.6 is 0 Å². The highest BCUT2D eigenvalue weighted by molar-refractivity contribution is 6.18. The largest absolute Gasteiger partial charge is 0.462 e. The van der Waals surface area contributed by atoms with Gasteiger partial charge in [0.25, 0.3) is 5.91 Å². The van der Waals surface area contributed by atoms with Crippen LogP contribution in [-0.2, 0) is 16.0 Å². The summed E-state index contributed by atoms with van der Waals surface area (Å²) in [6, 6.07) is 13.3. The Hall–Kier alpha value is -3.41. The van der Waals surface area contributed by atoms with Crippen LogP contribution in [0.4, 0.5) is 4.39 Å². The molecule has 1 aromatic heterocycles. The van der Waals surface area contributed by atoms with Crippen LogP contribution in [0.1, 0.15) is 28.5 Å². The third kappa shape index (κ3) is 3.17. The zero-order chi connectivity index (χ0) is 19.7. The lowest BCUT2D eigenvalue weighted by Crippen LogP contribution is -2.28. The molecule has 2 heterocycles. The highest BCUT2D eigenvalue weighted by Gasteiger charge is 2.27. The van der Waals surface area contributed by atoms with Crippen LogP contribution in [0.3, 0.4) is 0 Å². The summed E-state index contributed by atoms with van der Waals surface area (Å²) in [6.07, 6.45) is 2.02. The summed E-state index contributed by atoms with van der Waals surface area (Å²) in [5, 5.41) is 0.708. The molecule has 0 saturated heterocycles. The first-order valence-electron chi connectivity index (χ1n) is 9.14. The molecule has 1 amide bonds. The van der Waals surface area contributed by atoms with Gasteiger partial charge in [-0.25, -0.2) is 9.18 Å². The van der Waals surface area contributed by atoms with Crippen LogP contribution in [0.25, 0.3) is 16.5 Å². The van der Waals surface area contributed by atoms with Gasteiger partial charge in [0.1, 0.15) is 5.82 Å². The summed E-state index contributed by atoms with van der Waals surface area (Å²) in [7, 11) is 0. The summed E-state index contributed by atoms with van der Waals surface area (Å²) < 4.78 is 19.0. The minimum atomic E-state index is -0.525. The van der Waals surface area contributed by atoms with Crippen molar-refractivity contribution < 1.29 is 18.7 Å². The third-order valence-corrected chi connectivity index (χ3v) is 4.80. The predicted octanol–water partition coefficient (Wildman–Crippen LogP) is 3.91. The fraction of sp³-hybridized carbons (Fsp3) is 0.182. The number of carbonyl (C=O) groups is 2. The smallest absolute Gasteiger partial charge is 0.341 e. The van der Waals surface area contributed by atoms with Gasteiger partial charge in [0.05, 0.1) is 17.9 Å². The van der Waals surface area contributed by atoms with Gasteiger partial charge in [0.2, 0.25) is 0 Å². The van der Waals surface area contributed by atoms with E-state index in [2.05, 4.69) is 4.98 Å². The third-order valence-electron chi connectivity index (χ3n) is 4.80. The minimum absolute atomic E-state index is 0.206. The van der Waals surface area contributed by atoms with E-state index in [0.717, 1.165) is 11.1 Å². The average molecular weight is 378 g/mol. The van der Waals surface area contributed by atoms with Gasteiger partial charge in [-0.05, 0) is 49.2 Å². The highest BCUT2D eigenvalue weighted by Crippen LogP contribution is 2.32. The number of ether oxygens (including phenoxy) is 1. The number of H-pyrrole nitrogens is 1. The average Bonchev–Trinajstić information content (AvgIpc) is 2.94. The quantitative estimate of drug-likeness (QED) is 0.703. The lowest BCUT2D eigenvalue weighted by atomic mass is 10.0. The lowest BCUT2D eigenvalue weighted by Gasteiger charge is -2.17. The monoisotopic (exact) mass is 378 g/mol. The van der Waals surface area contributed by atoms with Gasteiger partial charge >= 0.3 is 5.97 Å². The van der Waals surface area contributed by atoms with Crippen LogP contribution in [0.15, 0.2) is 54.7 Å². The van der Waals surface area contributed by atoms with Gasteiger partial charge < -0.3 is 14.6 Å². The molecule has 0 saturated carbocycles. The number of esters is 1. The molecule has 2 aromatic carbocycles. The molecule has 1 aliphatic rings. The Morgan fingerprint density at radius 1 is 1.18 bits per heavy atom. The second kappa shape index (κ2) is 7.31. The van der Waals surface area contributed by atoms with Crippen molar-refractivity contribution in [1.82, 2.24) is 9.88 Å². The number of hydrogen-bond donors (Lipinski definition) is 1. The predicted molar refractivity (Wildman–Crippen MR) is 104 cm³/mol. The van der Waals surface area contributed by atoms with Crippen molar-refractivity contribution in [2.45, 2.75) is 13.3 Å². The van der Waals surface area contributed by atoms with Gasteiger partial charge in [-0.1, -0.05) is 18.2 Å². The standard InChI is InChI=1S/C22H19FN2O3/c1-2-28-22(27)18-13-25(21(26)14-6-4-3-5-7-14)11-10-16-17-12-15(23)8-9-19(17)24-20(16)18/h3-9,12-13,24H,2,10-11H2,1H3. The summed E-state index contributed by atoms with van der Waals surface area (Å²) in [4.78, 5) is 30.3. The van der Waals surface area contributed by atoms with E-state index in [1.807, 2.05) is 6.07 Å². The van der Waals surface area contributed by atoms with Crippen molar-refractivity contribution in [3.63, 3.8) is 0 Å². The van der Waals surface area contributed by atoms with Crippen LogP contribution in [0.5, 0.6) is 0 Å². The molecule has 0 spiro atoms. The van der Waals surface area contributed by atoms with Gasteiger partial charge in [-0.3, -0.25) is 4.79 Å². The molecule has 3 aromatic rings. The number of nitrogens with one attached hydrogen (secondary N) is 1. The summed E-state index contributed by atoms with van der Waals surface area (Å²) in [6.45, 7) is 2.31. The molecule has 1 N–H and O–H groups in total. The molecule has 0 unspecified atom stereocenters. The fourth-order valence-electron chi connectivity index (χ4n) is 3.50. The Labute approximate surface area is 161 Å². The molecular weight excluding hydrogens is 359 g/mol. The van der Waals surface area contributed by atoms with Crippen LogP contribution in [0, 0.1) is 5.82 Å². The van der Waals surface area contributed by atoms with E-state index in [9.17, 15) is 14.0 Å². The molecule has 5 nitrogen and oxygen atoms in total. The van der Waals surface area contributed by atoms with E-state index in [1.165, 1.54) is 23.2 Å². The van der Waals surface area contributed by atoms with Crippen molar-refractivity contribution in [3.05, 3.63) is 77.4 Å². The maximum absolute atomic E-state index is 13.8. The van der Waals surface area contributed by atoms with Crippen molar-refractivity contribution in [3.8, 4) is 0 Å². The van der Waals surface area contributed by atoms with Crippen molar-refractivity contribution >= 4 is 28.4 Å². The first kappa shape index (κ1) is 18.0.